The van der Waals surface area contributed by atoms with Gasteiger partial charge >= 0.3 is 6.18 Å². The highest BCUT2D eigenvalue weighted by Gasteiger charge is 2.36. The molecule has 0 unspecified atom stereocenters. The monoisotopic (exact) mass is 332 g/mol. The number of thioether (sulfide) groups is 1. The zero-order chi connectivity index (χ0) is 16.3. The largest absolute Gasteiger partial charge is 0.417 e. The number of hydrogen-bond donors (Lipinski definition) is 1. The Hall–Kier alpha value is -2.43. The predicted octanol–water partition coefficient (Wildman–Crippen LogP) is 2.17. The van der Waals surface area contributed by atoms with Crippen molar-refractivity contribution in [3.63, 3.8) is 0 Å². The number of alkyl halides is 3. The fourth-order valence-corrected chi connectivity index (χ4v) is 2.24. The molecule has 1 aromatic rings. The first-order valence-corrected chi connectivity index (χ1v) is 6.66. The molecule has 1 aromatic carbocycles. The van der Waals surface area contributed by atoms with Gasteiger partial charge < -0.3 is 5.32 Å². The van der Waals surface area contributed by atoms with Crippen molar-refractivity contribution in [1.29, 1.82) is 0 Å². The molecule has 0 aliphatic carbocycles. The van der Waals surface area contributed by atoms with Crippen LogP contribution in [0.5, 0.6) is 0 Å². The molecule has 7 nitrogen and oxygen atoms in total. The van der Waals surface area contributed by atoms with E-state index in [-0.39, 0.29) is 16.8 Å². The first kappa shape index (κ1) is 15.9. The SMILES string of the molecule is O=C1CSC(=NN=Cc2c([N+](=O)[O-])cccc2C(F)(F)F)N1. The number of nitro groups is 1. The lowest BCUT2D eigenvalue weighted by atomic mass is 10.1. The number of rotatable bonds is 3. The molecule has 0 radical (unpaired) electrons. The van der Waals surface area contributed by atoms with Crippen LogP contribution in [0.1, 0.15) is 11.1 Å². The Kier molecular flexibility index (Phi) is 4.45. The molecule has 1 heterocycles. The molecule has 1 fully saturated rings. The van der Waals surface area contributed by atoms with Crippen molar-refractivity contribution in [2.45, 2.75) is 6.18 Å². The van der Waals surface area contributed by atoms with Crippen molar-refractivity contribution in [2.24, 2.45) is 10.2 Å². The van der Waals surface area contributed by atoms with E-state index in [0.717, 1.165) is 23.9 Å². The maximum Gasteiger partial charge on any atom is 0.417 e. The lowest BCUT2D eigenvalue weighted by molar-refractivity contribution is -0.385. The second kappa shape index (κ2) is 6.13. The van der Waals surface area contributed by atoms with Crippen molar-refractivity contribution in [3.8, 4) is 0 Å². The Labute approximate surface area is 125 Å². The molecular weight excluding hydrogens is 325 g/mol. The van der Waals surface area contributed by atoms with Crippen molar-refractivity contribution >= 4 is 34.7 Å². The third kappa shape index (κ3) is 3.61. The minimum Gasteiger partial charge on any atom is -0.303 e. The van der Waals surface area contributed by atoms with Gasteiger partial charge in [-0.15, -0.1) is 5.10 Å². The Balaban J connectivity index is 2.40. The van der Waals surface area contributed by atoms with E-state index in [0.29, 0.717) is 12.3 Å². The number of nitrogens with one attached hydrogen (secondary N) is 1. The summed E-state index contributed by atoms with van der Waals surface area (Å²) in [6, 6.07) is 2.60. The average molecular weight is 332 g/mol. The standard InChI is InChI=1S/C11H7F3N4O3S/c12-11(13,14)7-2-1-3-8(18(20)21)6(7)4-15-17-10-16-9(19)5-22-10/h1-4H,5H2,(H,16,17,19). The molecule has 1 N–H and O–H groups in total. The number of nitrogens with zero attached hydrogens (tertiary/aromatic N) is 3. The highest BCUT2D eigenvalue weighted by molar-refractivity contribution is 8.15. The van der Waals surface area contributed by atoms with Gasteiger partial charge in [0, 0.05) is 6.07 Å². The Morgan fingerprint density at radius 3 is 2.68 bits per heavy atom. The summed E-state index contributed by atoms with van der Waals surface area (Å²) in [5.41, 5.74) is -2.62. The Bertz CT molecular complexity index is 688. The van der Waals surface area contributed by atoms with Gasteiger partial charge in [0.2, 0.25) is 5.91 Å². The van der Waals surface area contributed by atoms with Crippen LogP contribution in [0.3, 0.4) is 0 Å². The lowest BCUT2D eigenvalue weighted by Gasteiger charge is -2.09. The molecule has 1 saturated heterocycles. The lowest BCUT2D eigenvalue weighted by Crippen LogP contribution is -2.19. The quantitative estimate of drug-likeness (QED) is 0.521. The number of amides is 1. The minimum atomic E-state index is -4.77. The maximum atomic E-state index is 12.9. The number of halogens is 3. The van der Waals surface area contributed by atoms with Gasteiger partial charge in [-0.25, -0.2) is 0 Å². The number of carbonyl (C=O) groups is 1. The van der Waals surface area contributed by atoms with Crippen molar-refractivity contribution in [2.75, 3.05) is 5.75 Å². The summed E-state index contributed by atoms with van der Waals surface area (Å²) in [5.74, 6) is -0.172. The van der Waals surface area contributed by atoms with Gasteiger partial charge in [0.1, 0.15) is 0 Å². The first-order chi connectivity index (χ1) is 10.3. The van der Waals surface area contributed by atoms with Crippen LogP contribution < -0.4 is 5.32 Å². The van der Waals surface area contributed by atoms with Crippen LogP contribution in [-0.4, -0.2) is 28.0 Å². The van der Waals surface area contributed by atoms with Crippen LogP contribution in [0.25, 0.3) is 0 Å². The molecule has 116 valence electrons. The molecule has 0 spiro atoms. The second-order valence-electron chi connectivity index (χ2n) is 3.98. The highest BCUT2D eigenvalue weighted by Crippen LogP contribution is 2.34. The van der Waals surface area contributed by atoms with E-state index in [1.165, 1.54) is 0 Å². The second-order valence-corrected chi connectivity index (χ2v) is 4.94. The smallest absolute Gasteiger partial charge is 0.303 e. The molecule has 1 amide bonds. The zero-order valence-corrected chi connectivity index (χ0v) is 11.4. The summed E-state index contributed by atoms with van der Waals surface area (Å²) in [6.07, 6.45) is -4.12. The van der Waals surface area contributed by atoms with Gasteiger partial charge in [-0.05, 0) is 6.07 Å². The average Bonchev–Trinajstić information content (AvgIpc) is 2.83. The number of carbonyl (C=O) groups excluding carboxylic acids is 1. The van der Waals surface area contributed by atoms with Gasteiger partial charge in [-0.3, -0.25) is 14.9 Å². The van der Waals surface area contributed by atoms with Crippen LogP contribution in [0.15, 0.2) is 28.4 Å². The van der Waals surface area contributed by atoms with Crippen LogP contribution in [0.4, 0.5) is 18.9 Å². The number of amidine groups is 1. The molecular formula is C11H7F3N4O3S. The first-order valence-electron chi connectivity index (χ1n) is 5.67. The van der Waals surface area contributed by atoms with Gasteiger partial charge in [-0.2, -0.15) is 18.3 Å². The van der Waals surface area contributed by atoms with E-state index in [1.807, 2.05) is 0 Å². The normalized spacial score (nSPS) is 17.2. The molecule has 0 aromatic heterocycles. The Morgan fingerprint density at radius 1 is 1.41 bits per heavy atom. The van der Waals surface area contributed by atoms with E-state index in [4.69, 9.17) is 0 Å². The topological polar surface area (TPSA) is 97.0 Å². The summed E-state index contributed by atoms with van der Waals surface area (Å²) in [5, 5.41) is 20.2. The molecule has 0 atom stereocenters. The third-order valence-electron chi connectivity index (χ3n) is 2.51. The number of hydrogen-bond acceptors (Lipinski definition) is 6. The molecule has 0 bridgehead atoms. The predicted molar refractivity (Wildman–Crippen MR) is 73.7 cm³/mol. The fourth-order valence-electron chi connectivity index (χ4n) is 1.61. The zero-order valence-electron chi connectivity index (χ0n) is 10.6. The van der Waals surface area contributed by atoms with Gasteiger partial charge in [0.05, 0.1) is 28.0 Å². The van der Waals surface area contributed by atoms with Crippen LogP contribution in [-0.2, 0) is 11.0 Å². The van der Waals surface area contributed by atoms with E-state index in [1.54, 1.807) is 0 Å². The fraction of sp³-hybridized carbons (Fsp3) is 0.182. The Morgan fingerprint density at radius 2 is 2.14 bits per heavy atom. The third-order valence-corrected chi connectivity index (χ3v) is 3.37. The van der Waals surface area contributed by atoms with E-state index >= 15 is 0 Å². The summed E-state index contributed by atoms with van der Waals surface area (Å²) < 4.78 is 38.7. The number of nitro benzene ring substituents is 1. The molecule has 1 aliphatic rings. The minimum absolute atomic E-state index is 0.119. The maximum absolute atomic E-state index is 12.9. The van der Waals surface area contributed by atoms with Crippen LogP contribution in [0.2, 0.25) is 0 Å². The molecule has 0 saturated carbocycles. The molecule has 2 rings (SSSR count). The summed E-state index contributed by atoms with van der Waals surface area (Å²) in [4.78, 5) is 20.8. The van der Waals surface area contributed by atoms with Gasteiger partial charge in [0.15, 0.2) is 5.17 Å². The molecule has 22 heavy (non-hydrogen) atoms. The van der Waals surface area contributed by atoms with Crippen LogP contribution >= 0.6 is 11.8 Å². The number of benzene rings is 1. The molecule has 11 heteroatoms. The summed E-state index contributed by atoms with van der Waals surface area (Å²) in [6.45, 7) is 0. The van der Waals surface area contributed by atoms with Crippen molar-refractivity contribution in [1.82, 2.24) is 5.32 Å². The summed E-state index contributed by atoms with van der Waals surface area (Å²) >= 11 is 1.03. The van der Waals surface area contributed by atoms with E-state index in [2.05, 4.69) is 15.5 Å². The van der Waals surface area contributed by atoms with E-state index in [9.17, 15) is 28.1 Å². The van der Waals surface area contributed by atoms with Crippen LogP contribution in [0, 0.1) is 10.1 Å². The van der Waals surface area contributed by atoms with E-state index < -0.39 is 27.9 Å². The van der Waals surface area contributed by atoms with Gasteiger partial charge in [0.25, 0.3) is 5.69 Å². The summed E-state index contributed by atoms with van der Waals surface area (Å²) in [7, 11) is 0. The highest BCUT2D eigenvalue weighted by atomic mass is 32.2. The molecule has 1 aliphatic heterocycles. The van der Waals surface area contributed by atoms with Gasteiger partial charge in [-0.1, -0.05) is 17.8 Å². The van der Waals surface area contributed by atoms with Crippen molar-refractivity contribution < 1.29 is 22.9 Å². The van der Waals surface area contributed by atoms with Crippen molar-refractivity contribution in [3.05, 3.63) is 39.4 Å².